The number of nitrogens with two attached hydrogens (primary N) is 2. The molecule has 0 aromatic heterocycles. The van der Waals surface area contributed by atoms with Crippen LogP contribution in [0.25, 0.3) is 0 Å². The van der Waals surface area contributed by atoms with Crippen LogP contribution < -0.4 is 32.0 Å². The first kappa shape index (κ1) is 20.5. The van der Waals surface area contributed by atoms with Crippen molar-refractivity contribution in [1.29, 1.82) is 0 Å². The number of alkyl halides is 6. The molecule has 2 aromatic rings. The number of rotatable bonds is 6. The van der Waals surface area contributed by atoms with Gasteiger partial charge in [-0.2, -0.15) is 26.3 Å². The number of nitrogen functional groups attached to an aromatic ring is 2. The fourth-order valence-electron chi connectivity index (χ4n) is 1.98. The third kappa shape index (κ3) is 4.28. The molecule has 0 saturated heterocycles. The van der Waals surface area contributed by atoms with Crippen LogP contribution in [0, 0.1) is 0 Å². The number of anilines is 2. The first-order valence-electron chi connectivity index (χ1n) is 7.17. The lowest BCUT2D eigenvalue weighted by Crippen LogP contribution is -2.65. The monoisotopic (exact) mass is 396 g/mol. The zero-order valence-corrected chi connectivity index (χ0v) is 13.4. The van der Waals surface area contributed by atoms with Crippen LogP contribution in [0.4, 0.5) is 37.7 Å². The van der Waals surface area contributed by atoms with Crippen molar-refractivity contribution in [2.24, 2.45) is 11.7 Å². The SMILES string of the molecule is NNc1ccc(OC(Oc2ccc(NN)cc2)(C(F)(F)F)C(F)(F)F)cc1. The molecule has 148 valence electrons. The highest BCUT2D eigenvalue weighted by molar-refractivity contribution is 5.46. The average molecular weight is 396 g/mol. The Morgan fingerprint density at radius 1 is 0.593 bits per heavy atom. The summed E-state index contributed by atoms with van der Waals surface area (Å²) in [5.41, 5.74) is 4.86. The number of ether oxygens (including phenoxy) is 2. The van der Waals surface area contributed by atoms with Gasteiger partial charge in [-0.25, -0.2) is 0 Å². The lowest BCUT2D eigenvalue weighted by atomic mass is 10.2. The van der Waals surface area contributed by atoms with E-state index in [1.165, 1.54) is 0 Å². The van der Waals surface area contributed by atoms with Crippen molar-refractivity contribution in [3.8, 4) is 11.5 Å². The Morgan fingerprint density at radius 2 is 0.889 bits per heavy atom. The molecule has 0 heterocycles. The van der Waals surface area contributed by atoms with Crippen molar-refractivity contribution >= 4 is 11.4 Å². The molecule has 0 atom stereocenters. The summed E-state index contributed by atoms with van der Waals surface area (Å²) >= 11 is 0. The topological polar surface area (TPSA) is 94.6 Å². The second-order valence-corrected chi connectivity index (χ2v) is 5.15. The fraction of sp³-hybridized carbons (Fsp3) is 0.200. The smallest absolute Gasteiger partial charge is 0.438 e. The van der Waals surface area contributed by atoms with Crippen molar-refractivity contribution in [1.82, 2.24) is 0 Å². The van der Waals surface area contributed by atoms with Gasteiger partial charge in [-0.05, 0) is 48.5 Å². The van der Waals surface area contributed by atoms with E-state index >= 15 is 0 Å². The maximum absolute atomic E-state index is 13.5. The van der Waals surface area contributed by atoms with E-state index in [0.717, 1.165) is 48.5 Å². The van der Waals surface area contributed by atoms with E-state index in [1.54, 1.807) is 0 Å². The van der Waals surface area contributed by atoms with E-state index < -0.39 is 29.6 Å². The van der Waals surface area contributed by atoms with Crippen LogP contribution in [0.5, 0.6) is 11.5 Å². The molecule has 0 spiro atoms. The molecule has 0 bridgehead atoms. The Hall–Kier alpha value is -2.86. The maximum atomic E-state index is 13.5. The second kappa shape index (κ2) is 7.40. The van der Waals surface area contributed by atoms with E-state index in [-0.39, 0.29) is 11.4 Å². The molecule has 0 fully saturated rings. The van der Waals surface area contributed by atoms with Gasteiger partial charge in [0.1, 0.15) is 11.5 Å². The highest BCUT2D eigenvalue weighted by Gasteiger charge is 2.77. The van der Waals surface area contributed by atoms with E-state index in [2.05, 4.69) is 20.3 Å². The normalized spacial score (nSPS) is 12.4. The summed E-state index contributed by atoms with van der Waals surface area (Å²) in [5, 5.41) is 0. The van der Waals surface area contributed by atoms with Crippen LogP contribution in [-0.2, 0) is 0 Å². The molecule has 2 aromatic carbocycles. The zero-order chi connectivity index (χ0) is 20.3. The highest BCUT2D eigenvalue weighted by atomic mass is 19.4. The Labute approximate surface area is 149 Å². The molecule has 0 unspecified atom stereocenters. The number of benzene rings is 2. The molecule has 0 aliphatic rings. The molecular formula is C15H14F6N4O2. The van der Waals surface area contributed by atoms with Crippen molar-refractivity contribution in [2.45, 2.75) is 18.1 Å². The summed E-state index contributed by atoms with van der Waals surface area (Å²) in [5.74, 6) is 3.80. The standard InChI is InChI=1S/C15H14F6N4O2/c16-14(17,18)13(15(19,20)21,26-11-5-1-9(24-22)2-6-11)27-12-7-3-10(25-23)4-8-12/h1-8,24-25H,22-23H2. The Balaban J connectivity index is 2.48. The number of hydrogen-bond acceptors (Lipinski definition) is 6. The first-order chi connectivity index (χ1) is 12.5. The molecule has 12 heteroatoms. The summed E-state index contributed by atoms with van der Waals surface area (Å²) < 4.78 is 89.6. The molecule has 6 nitrogen and oxygen atoms in total. The van der Waals surface area contributed by atoms with Gasteiger partial charge >= 0.3 is 18.1 Å². The molecule has 0 amide bonds. The third-order valence-corrected chi connectivity index (χ3v) is 3.31. The van der Waals surface area contributed by atoms with Crippen LogP contribution in [0.15, 0.2) is 48.5 Å². The Morgan fingerprint density at radius 3 is 1.11 bits per heavy atom. The fourth-order valence-corrected chi connectivity index (χ4v) is 1.98. The van der Waals surface area contributed by atoms with Crippen molar-refractivity contribution in [2.75, 3.05) is 10.9 Å². The van der Waals surface area contributed by atoms with Crippen molar-refractivity contribution in [3.63, 3.8) is 0 Å². The molecule has 0 aliphatic carbocycles. The minimum absolute atomic E-state index is 0.248. The molecular weight excluding hydrogens is 382 g/mol. The summed E-state index contributed by atoms with van der Waals surface area (Å²) in [6, 6.07) is 8.06. The van der Waals surface area contributed by atoms with E-state index in [9.17, 15) is 26.3 Å². The third-order valence-electron chi connectivity index (χ3n) is 3.31. The van der Waals surface area contributed by atoms with E-state index in [4.69, 9.17) is 11.7 Å². The maximum Gasteiger partial charge on any atom is 0.478 e. The van der Waals surface area contributed by atoms with Gasteiger partial charge < -0.3 is 20.3 Å². The number of halogens is 6. The van der Waals surface area contributed by atoms with Gasteiger partial charge in [-0.3, -0.25) is 11.7 Å². The minimum Gasteiger partial charge on any atom is -0.438 e. The van der Waals surface area contributed by atoms with Crippen molar-refractivity contribution in [3.05, 3.63) is 48.5 Å². The highest BCUT2D eigenvalue weighted by Crippen LogP contribution is 2.47. The van der Waals surface area contributed by atoms with E-state index in [1.807, 2.05) is 0 Å². The van der Waals surface area contributed by atoms with Gasteiger partial charge in [-0.1, -0.05) is 0 Å². The van der Waals surface area contributed by atoms with Crippen LogP contribution in [-0.4, -0.2) is 18.1 Å². The van der Waals surface area contributed by atoms with Gasteiger partial charge in [0, 0.05) is 11.4 Å². The van der Waals surface area contributed by atoms with Gasteiger partial charge in [-0.15, -0.1) is 0 Å². The van der Waals surface area contributed by atoms with E-state index in [0.29, 0.717) is 0 Å². The lowest BCUT2D eigenvalue weighted by Gasteiger charge is -2.36. The van der Waals surface area contributed by atoms with Crippen LogP contribution in [0.3, 0.4) is 0 Å². The van der Waals surface area contributed by atoms with Crippen LogP contribution in [0.1, 0.15) is 0 Å². The zero-order valence-electron chi connectivity index (χ0n) is 13.4. The summed E-state index contributed by atoms with van der Waals surface area (Å²) in [7, 11) is 0. The molecule has 0 saturated carbocycles. The van der Waals surface area contributed by atoms with Crippen LogP contribution >= 0.6 is 0 Å². The predicted molar refractivity (Wildman–Crippen MR) is 84.6 cm³/mol. The minimum atomic E-state index is -5.96. The largest absolute Gasteiger partial charge is 0.478 e. The van der Waals surface area contributed by atoms with Gasteiger partial charge in [0.15, 0.2) is 0 Å². The lowest BCUT2D eigenvalue weighted by molar-refractivity contribution is -0.422. The molecule has 27 heavy (non-hydrogen) atoms. The Kier molecular flexibility index (Phi) is 5.61. The number of nitrogens with one attached hydrogen (secondary N) is 2. The van der Waals surface area contributed by atoms with Crippen LogP contribution in [0.2, 0.25) is 0 Å². The summed E-state index contributed by atoms with van der Waals surface area (Å²) in [4.78, 5) is 0. The van der Waals surface area contributed by atoms with Crippen molar-refractivity contribution < 1.29 is 35.8 Å². The Bertz CT molecular complexity index is 681. The number of hydrogen-bond donors (Lipinski definition) is 4. The molecule has 0 aliphatic heterocycles. The first-order valence-corrected chi connectivity index (χ1v) is 7.17. The quantitative estimate of drug-likeness (QED) is 0.258. The predicted octanol–water partition coefficient (Wildman–Crippen LogP) is 3.54. The molecule has 6 N–H and O–H groups in total. The average Bonchev–Trinajstić information content (AvgIpc) is 2.60. The second-order valence-electron chi connectivity index (χ2n) is 5.15. The van der Waals surface area contributed by atoms with Gasteiger partial charge in [0.25, 0.3) is 0 Å². The van der Waals surface area contributed by atoms with Gasteiger partial charge in [0.05, 0.1) is 0 Å². The van der Waals surface area contributed by atoms with Gasteiger partial charge in [0.2, 0.25) is 0 Å². The summed E-state index contributed by atoms with van der Waals surface area (Å²) in [6.45, 7) is 0. The number of hydrazine groups is 2. The molecule has 2 rings (SSSR count). The molecule has 0 radical (unpaired) electrons. The summed E-state index contributed by atoms with van der Waals surface area (Å²) in [6.07, 6.45) is -11.9.